The van der Waals surface area contributed by atoms with E-state index in [9.17, 15) is 9.90 Å². The third-order valence-electron chi connectivity index (χ3n) is 0.454. The van der Waals surface area contributed by atoms with Crippen LogP contribution in [0.15, 0.2) is 0 Å². The summed E-state index contributed by atoms with van der Waals surface area (Å²) >= 11 is 0. The molecule has 0 fully saturated rings. The maximum atomic E-state index is 9.49. The second kappa shape index (κ2) is 17.5. The average Bonchev–Trinajstić information content (AvgIpc) is 1.62. The summed E-state index contributed by atoms with van der Waals surface area (Å²) in [5, 5.41) is 18.4. The van der Waals surface area contributed by atoms with Crippen molar-refractivity contribution in [3.05, 3.63) is 0 Å². The molecule has 0 unspecified atom stereocenters. The minimum atomic E-state index is -1.08. The Bertz CT molecular complexity index is 114. The number of hydrogen-bond donors (Lipinski definition) is 0. The minimum Gasteiger partial charge on any atom is -0.550 e. The Morgan fingerprint density at radius 3 is 1.50 bits per heavy atom. The number of carboxylic acid groups (broad SMARTS) is 2. The molecule has 67 valence electrons. The van der Waals surface area contributed by atoms with Gasteiger partial charge in [-0.05, 0) is 13.3 Å². The molecule has 0 aliphatic rings. The maximum Gasteiger partial charge on any atom is 4.00 e. The minimum absolute atomic E-state index is 0. The first-order chi connectivity index (χ1) is 4.50. The van der Waals surface area contributed by atoms with Crippen LogP contribution < -0.4 is 10.2 Å². The molecule has 0 saturated heterocycles. The van der Waals surface area contributed by atoms with E-state index in [0.717, 1.165) is 6.92 Å². The van der Waals surface area contributed by atoms with Gasteiger partial charge in [0, 0.05) is 32.4 Å². The first-order valence-electron chi connectivity index (χ1n) is 2.88. The molecular weight excluding hydrogens is 413 g/mol. The van der Waals surface area contributed by atoms with Crippen LogP contribution in [-0.4, -0.2) is 11.9 Å². The van der Waals surface area contributed by atoms with Crippen LogP contribution in [-0.2, 0) is 56.2 Å². The standard InChI is InChI=1S/C4H8O2.C2H4O2.Re.Zr/c1-2-3-4(5)6;1-2(3)4;;/h2-3H2,1H3,(H,5,6);1H3,(H,3,4);;/q;;;+4/p-2. The van der Waals surface area contributed by atoms with Gasteiger partial charge in [0.15, 0.2) is 0 Å². The molecule has 0 spiro atoms. The van der Waals surface area contributed by atoms with Crippen LogP contribution in [0.2, 0.25) is 0 Å². The largest absolute Gasteiger partial charge is 4.00 e. The van der Waals surface area contributed by atoms with E-state index in [1.807, 2.05) is 0 Å². The summed E-state index contributed by atoms with van der Waals surface area (Å²) in [6, 6.07) is 0. The van der Waals surface area contributed by atoms with Crippen LogP contribution in [0, 0.1) is 0 Å². The van der Waals surface area contributed by atoms with Crippen molar-refractivity contribution >= 4 is 11.9 Å². The Labute approximate surface area is 105 Å². The molecule has 0 bridgehead atoms. The van der Waals surface area contributed by atoms with Crippen molar-refractivity contribution in [2.75, 3.05) is 0 Å². The monoisotopic (exact) mass is 423 g/mol. The van der Waals surface area contributed by atoms with E-state index >= 15 is 0 Å². The average molecular weight is 424 g/mol. The Hall–Kier alpha value is 0.485. The number of carbonyl (C=O) groups is 2. The maximum absolute atomic E-state index is 9.49. The van der Waals surface area contributed by atoms with Gasteiger partial charge >= 0.3 is 26.2 Å². The first kappa shape index (κ1) is 22.9. The molecule has 0 heterocycles. The molecule has 0 aromatic heterocycles. The van der Waals surface area contributed by atoms with Crippen molar-refractivity contribution in [1.29, 1.82) is 0 Å². The van der Waals surface area contributed by atoms with E-state index in [4.69, 9.17) is 9.90 Å². The molecule has 12 heavy (non-hydrogen) atoms. The normalized spacial score (nSPS) is 6.17. The molecule has 1 radical (unpaired) electrons. The van der Waals surface area contributed by atoms with E-state index in [-0.39, 0.29) is 53.0 Å². The van der Waals surface area contributed by atoms with Crippen LogP contribution in [0.5, 0.6) is 0 Å². The molecule has 0 aromatic rings. The smallest absolute Gasteiger partial charge is 0.550 e. The molecule has 0 aromatic carbocycles. The van der Waals surface area contributed by atoms with Gasteiger partial charge in [-0.15, -0.1) is 0 Å². The molecule has 0 aliphatic heterocycles. The molecule has 6 heteroatoms. The van der Waals surface area contributed by atoms with Gasteiger partial charge in [-0.25, -0.2) is 0 Å². The van der Waals surface area contributed by atoms with Gasteiger partial charge in [-0.3, -0.25) is 0 Å². The summed E-state index contributed by atoms with van der Waals surface area (Å²) in [6.45, 7) is 2.77. The topological polar surface area (TPSA) is 80.3 Å². The zero-order valence-electron chi connectivity index (χ0n) is 6.93. The third-order valence-corrected chi connectivity index (χ3v) is 0.454. The predicted octanol–water partition coefficient (Wildman–Crippen LogP) is -1.71. The van der Waals surface area contributed by atoms with Crippen molar-refractivity contribution in [2.45, 2.75) is 26.7 Å². The van der Waals surface area contributed by atoms with E-state index in [1.54, 1.807) is 6.92 Å². The number of carbonyl (C=O) groups excluding carboxylic acids is 2. The van der Waals surface area contributed by atoms with Crippen LogP contribution in [0.3, 0.4) is 0 Å². The summed E-state index contributed by atoms with van der Waals surface area (Å²) in [5.74, 6) is -2.04. The van der Waals surface area contributed by atoms with Gasteiger partial charge in [0.1, 0.15) is 0 Å². The van der Waals surface area contributed by atoms with Gasteiger partial charge in [-0.1, -0.05) is 13.3 Å². The third kappa shape index (κ3) is 77.7. The summed E-state index contributed by atoms with van der Waals surface area (Å²) in [5.41, 5.74) is 0. The van der Waals surface area contributed by atoms with E-state index in [0.29, 0.717) is 6.42 Å². The van der Waals surface area contributed by atoms with E-state index < -0.39 is 11.9 Å². The Kier molecular flexibility index (Phi) is 33.4. The van der Waals surface area contributed by atoms with Gasteiger partial charge in [0.2, 0.25) is 0 Å². The van der Waals surface area contributed by atoms with Crippen molar-refractivity contribution in [3.8, 4) is 0 Å². The number of hydrogen-bond acceptors (Lipinski definition) is 4. The fraction of sp³-hybridized carbons (Fsp3) is 0.667. The fourth-order valence-corrected chi connectivity index (χ4v) is 0.204. The van der Waals surface area contributed by atoms with Crippen molar-refractivity contribution < 1.29 is 66.4 Å². The quantitative estimate of drug-likeness (QED) is 0.530. The van der Waals surface area contributed by atoms with Gasteiger partial charge < -0.3 is 19.8 Å². The van der Waals surface area contributed by atoms with Gasteiger partial charge in [0.05, 0.1) is 0 Å². The Morgan fingerprint density at radius 1 is 1.25 bits per heavy atom. The van der Waals surface area contributed by atoms with Crippen molar-refractivity contribution in [3.63, 3.8) is 0 Å². The van der Waals surface area contributed by atoms with Crippen LogP contribution >= 0.6 is 0 Å². The molecule has 0 atom stereocenters. The molecule has 4 nitrogen and oxygen atoms in total. The van der Waals surface area contributed by atoms with Crippen molar-refractivity contribution in [2.24, 2.45) is 0 Å². The Morgan fingerprint density at radius 2 is 1.50 bits per heavy atom. The number of rotatable bonds is 2. The summed E-state index contributed by atoms with van der Waals surface area (Å²) < 4.78 is 0. The van der Waals surface area contributed by atoms with Gasteiger partial charge in [0.25, 0.3) is 0 Å². The van der Waals surface area contributed by atoms with Gasteiger partial charge in [-0.2, -0.15) is 0 Å². The molecule has 0 aliphatic carbocycles. The zero-order valence-corrected chi connectivity index (χ0v) is 12.1. The van der Waals surface area contributed by atoms with E-state index in [2.05, 4.69) is 0 Å². The molecular formula is C6H10O4ReZr+2. The molecule has 0 rings (SSSR count). The SMILES string of the molecule is CC(=O)[O-].CCCC(=O)[O-].[Re].[Zr+4]. The summed E-state index contributed by atoms with van der Waals surface area (Å²) in [6.07, 6.45) is 0.850. The van der Waals surface area contributed by atoms with Crippen molar-refractivity contribution in [1.82, 2.24) is 0 Å². The second-order valence-electron chi connectivity index (χ2n) is 1.61. The number of aliphatic carboxylic acids is 2. The van der Waals surface area contributed by atoms with E-state index in [1.165, 1.54) is 0 Å². The summed E-state index contributed by atoms with van der Waals surface area (Å²) in [4.78, 5) is 18.4. The zero-order chi connectivity index (χ0) is 8.57. The summed E-state index contributed by atoms with van der Waals surface area (Å²) in [7, 11) is 0. The molecule has 0 amide bonds. The van der Waals surface area contributed by atoms with Crippen LogP contribution in [0.1, 0.15) is 26.7 Å². The molecule has 0 saturated carbocycles. The number of carboxylic acids is 2. The Balaban J connectivity index is -0.0000000483. The van der Waals surface area contributed by atoms with Crippen LogP contribution in [0.4, 0.5) is 0 Å². The second-order valence-corrected chi connectivity index (χ2v) is 1.61. The first-order valence-corrected chi connectivity index (χ1v) is 2.88. The van der Waals surface area contributed by atoms with Crippen LogP contribution in [0.25, 0.3) is 0 Å². The predicted molar refractivity (Wildman–Crippen MR) is 30.6 cm³/mol. The molecule has 0 N–H and O–H groups in total. The fourth-order valence-electron chi connectivity index (χ4n) is 0.204.